The first-order chi connectivity index (χ1) is 9.45. The van der Waals surface area contributed by atoms with Gasteiger partial charge in [-0.2, -0.15) is 0 Å². The lowest BCUT2D eigenvalue weighted by molar-refractivity contribution is -0.139. The first kappa shape index (κ1) is 18.7. The second-order valence-electron chi connectivity index (χ2n) is 5.23. The van der Waals surface area contributed by atoms with Crippen LogP contribution in [0, 0.1) is 0 Å². The molecule has 0 unspecified atom stereocenters. The average molecular weight is 280 g/mol. The van der Waals surface area contributed by atoms with E-state index in [0.717, 1.165) is 31.3 Å². The minimum atomic E-state index is -0.254. The highest BCUT2D eigenvalue weighted by atomic mass is 16.5. The Hall–Kier alpha value is -1.35. The SMILES string of the molecule is CC(=O)OC/C=C(\C)CC/C=C(\CO)CCC=C(C)C. The van der Waals surface area contributed by atoms with Crippen LogP contribution in [0.15, 0.2) is 34.9 Å². The number of allylic oxidation sites excluding steroid dienone is 4. The van der Waals surface area contributed by atoms with Crippen LogP contribution < -0.4 is 0 Å². The third kappa shape index (κ3) is 11.7. The summed E-state index contributed by atoms with van der Waals surface area (Å²) in [6.45, 7) is 8.08. The minimum Gasteiger partial charge on any atom is -0.462 e. The number of aliphatic hydroxyl groups is 1. The molecule has 0 saturated heterocycles. The summed E-state index contributed by atoms with van der Waals surface area (Å²) in [6, 6.07) is 0. The Balaban J connectivity index is 4.05. The van der Waals surface area contributed by atoms with Crippen molar-refractivity contribution in [1.29, 1.82) is 0 Å². The number of aliphatic hydroxyl groups excluding tert-OH is 1. The molecule has 0 radical (unpaired) electrons. The van der Waals surface area contributed by atoms with Crippen LogP contribution in [0.2, 0.25) is 0 Å². The van der Waals surface area contributed by atoms with Crippen LogP contribution in [0.25, 0.3) is 0 Å². The van der Waals surface area contributed by atoms with Crippen molar-refractivity contribution in [3.63, 3.8) is 0 Å². The highest BCUT2D eigenvalue weighted by molar-refractivity contribution is 5.66. The first-order valence-electron chi connectivity index (χ1n) is 7.16. The molecule has 0 aliphatic carbocycles. The lowest BCUT2D eigenvalue weighted by atomic mass is 10.1. The fourth-order valence-electron chi connectivity index (χ4n) is 1.70. The molecule has 0 aliphatic rings. The molecule has 0 atom stereocenters. The predicted molar refractivity (Wildman–Crippen MR) is 83.5 cm³/mol. The van der Waals surface area contributed by atoms with Gasteiger partial charge in [0.15, 0.2) is 0 Å². The average Bonchev–Trinajstić information content (AvgIpc) is 2.36. The van der Waals surface area contributed by atoms with Crippen LogP contribution >= 0.6 is 0 Å². The van der Waals surface area contributed by atoms with E-state index in [2.05, 4.69) is 26.0 Å². The Morgan fingerprint density at radius 1 is 1.00 bits per heavy atom. The van der Waals surface area contributed by atoms with Crippen molar-refractivity contribution in [2.75, 3.05) is 13.2 Å². The first-order valence-corrected chi connectivity index (χ1v) is 7.16. The summed E-state index contributed by atoms with van der Waals surface area (Å²) in [4.78, 5) is 10.6. The molecule has 20 heavy (non-hydrogen) atoms. The summed E-state index contributed by atoms with van der Waals surface area (Å²) >= 11 is 0. The number of esters is 1. The van der Waals surface area contributed by atoms with Crippen molar-refractivity contribution < 1.29 is 14.6 Å². The zero-order chi connectivity index (χ0) is 15.4. The van der Waals surface area contributed by atoms with E-state index >= 15 is 0 Å². The van der Waals surface area contributed by atoms with Gasteiger partial charge in [-0.1, -0.05) is 23.3 Å². The Kier molecular flexibility index (Phi) is 10.7. The number of hydrogen-bond acceptors (Lipinski definition) is 3. The topological polar surface area (TPSA) is 46.5 Å². The predicted octanol–water partition coefficient (Wildman–Crippen LogP) is 3.94. The van der Waals surface area contributed by atoms with Gasteiger partial charge >= 0.3 is 5.97 Å². The molecule has 0 aromatic heterocycles. The van der Waals surface area contributed by atoms with Gasteiger partial charge in [0.25, 0.3) is 0 Å². The van der Waals surface area contributed by atoms with Gasteiger partial charge in [0.1, 0.15) is 6.61 Å². The fraction of sp³-hybridized carbons (Fsp3) is 0.588. The quantitative estimate of drug-likeness (QED) is 0.514. The van der Waals surface area contributed by atoms with E-state index in [1.165, 1.54) is 18.1 Å². The Morgan fingerprint density at radius 2 is 1.65 bits per heavy atom. The number of rotatable bonds is 9. The Morgan fingerprint density at radius 3 is 2.20 bits per heavy atom. The maximum atomic E-state index is 10.6. The molecule has 3 nitrogen and oxygen atoms in total. The van der Waals surface area contributed by atoms with E-state index < -0.39 is 0 Å². The highest BCUT2D eigenvalue weighted by Gasteiger charge is 1.96. The standard InChI is InChI=1S/C17H28O3/c1-14(2)7-5-9-17(13-18)10-6-8-15(3)11-12-20-16(4)19/h7,10-11,18H,5-6,8-9,12-13H2,1-4H3/b15-11+,17-10-. The zero-order valence-electron chi connectivity index (χ0n) is 13.2. The lowest BCUT2D eigenvalue weighted by Gasteiger charge is -2.04. The molecule has 0 amide bonds. The fourth-order valence-corrected chi connectivity index (χ4v) is 1.70. The van der Waals surface area contributed by atoms with E-state index in [1.807, 2.05) is 13.0 Å². The van der Waals surface area contributed by atoms with Crippen molar-refractivity contribution in [2.45, 2.75) is 53.4 Å². The summed E-state index contributed by atoms with van der Waals surface area (Å²) in [5, 5.41) is 9.30. The third-order valence-corrected chi connectivity index (χ3v) is 2.91. The highest BCUT2D eigenvalue weighted by Crippen LogP contribution is 2.11. The van der Waals surface area contributed by atoms with Crippen LogP contribution in [0.1, 0.15) is 53.4 Å². The molecular weight excluding hydrogens is 252 g/mol. The van der Waals surface area contributed by atoms with Crippen molar-refractivity contribution in [2.24, 2.45) is 0 Å². The van der Waals surface area contributed by atoms with E-state index in [4.69, 9.17) is 4.74 Å². The van der Waals surface area contributed by atoms with E-state index in [9.17, 15) is 9.90 Å². The third-order valence-electron chi connectivity index (χ3n) is 2.91. The summed E-state index contributed by atoms with van der Waals surface area (Å²) in [5.74, 6) is -0.254. The van der Waals surface area contributed by atoms with Gasteiger partial charge in [0.2, 0.25) is 0 Å². The van der Waals surface area contributed by atoms with Gasteiger partial charge in [0.05, 0.1) is 6.61 Å². The van der Waals surface area contributed by atoms with E-state index in [-0.39, 0.29) is 12.6 Å². The second kappa shape index (κ2) is 11.5. The monoisotopic (exact) mass is 280 g/mol. The van der Waals surface area contributed by atoms with Gasteiger partial charge in [0, 0.05) is 6.92 Å². The van der Waals surface area contributed by atoms with Gasteiger partial charge in [-0.05, 0) is 58.1 Å². The molecule has 3 heteroatoms. The summed E-state index contributed by atoms with van der Waals surface area (Å²) < 4.78 is 4.86. The summed E-state index contributed by atoms with van der Waals surface area (Å²) in [6.07, 6.45) is 9.96. The van der Waals surface area contributed by atoms with Gasteiger partial charge in [-0.25, -0.2) is 0 Å². The lowest BCUT2D eigenvalue weighted by Crippen LogP contribution is -1.98. The molecule has 1 N–H and O–H groups in total. The van der Waals surface area contributed by atoms with Gasteiger partial charge in [-0.3, -0.25) is 4.79 Å². The largest absolute Gasteiger partial charge is 0.462 e. The summed E-state index contributed by atoms with van der Waals surface area (Å²) in [7, 11) is 0. The maximum Gasteiger partial charge on any atom is 0.302 e. The van der Waals surface area contributed by atoms with Crippen LogP contribution in [0.4, 0.5) is 0 Å². The second-order valence-corrected chi connectivity index (χ2v) is 5.23. The minimum absolute atomic E-state index is 0.132. The molecule has 0 spiro atoms. The molecule has 0 fully saturated rings. The van der Waals surface area contributed by atoms with Crippen LogP contribution in [-0.4, -0.2) is 24.3 Å². The Labute approximate surface area is 123 Å². The molecule has 0 aliphatic heterocycles. The van der Waals surface area contributed by atoms with Crippen molar-refractivity contribution in [3.05, 3.63) is 34.9 Å². The van der Waals surface area contributed by atoms with Gasteiger partial charge < -0.3 is 9.84 Å². The molecular formula is C17H28O3. The number of carbonyl (C=O) groups excluding carboxylic acids is 1. The number of ether oxygens (including phenoxy) is 1. The van der Waals surface area contributed by atoms with E-state index in [1.54, 1.807) is 0 Å². The van der Waals surface area contributed by atoms with Crippen molar-refractivity contribution >= 4 is 5.97 Å². The maximum absolute atomic E-state index is 10.6. The van der Waals surface area contributed by atoms with E-state index in [0.29, 0.717) is 6.61 Å². The number of hydrogen-bond donors (Lipinski definition) is 1. The molecule has 0 bridgehead atoms. The molecule has 0 rings (SSSR count). The van der Waals surface area contributed by atoms with Crippen molar-refractivity contribution in [1.82, 2.24) is 0 Å². The van der Waals surface area contributed by atoms with Gasteiger partial charge in [-0.15, -0.1) is 0 Å². The zero-order valence-corrected chi connectivity index (χ0v) is 13.2. The smallest absolute Gasteiger partial charge is 0.302 e. The van der Waals surface area contributed by atoms with Crippen LogP contribution in [0.3, 0.4) is 0 Å². The Bertz CT molecular complexity index is 372. The molecule has 0 aromatic carbocycles. The molecule has 0 saturated carbocycles. The molecule has 0 aromatic rings. The molecule has 114 valence electrons. The van der Waals surface area contributed by atoms with Crippen molar-refractivity contribution in [3.8, 4) is 0 Å². The van der Waals surface area contributed by atoms with Crippen LogP contribution in [0.5, 0.6) is 0 Å². The normalized spacial score (nSPS) is 12.2. The van der Waals surface area contributed by atoms with Crippen LogP contribution in [-0.2, 0) is 9.53 Å². The molecule has 0 heterocycles. The summed E-state index contributed by atoms with van der Waals surface area (Å²) in [5.41, 5.74) is 3.60. The number of carbonyl (C=O) groups is 1.